The molecule has 0 aliphatic heterocycles. The highest BCUT2D eigenvalue weighted by molar-refractivity contribution is 6.28. The van der Waals surface area contributed by atoms with Gasteiger partial charge in [-0.05, 0) is 18.2 Å². The van der Waals surface area contributed by atoms with Crippen molar-refractivity contribution in [3.8, 4) is 11.5 Å². The van der Waals surface area contributed by atoms with Gasteiger partial charge in [-0.3, -0.25) is 9.59 Å². The maximum atomic E-state index is 12.7. The van der Waals surface area contributed by atoms with Crippen molar-refractivity contribution < 1.29 is 14.1 Å². The SMILES string of the molecule is CCc1noc(-c2ccc3c(c2)C(=O)c2ccccc2C3=O)n1. The van der Waals surface area contributed by atoms with E-state index in [9.17, 15) is 9.59 Å². The van der Waals surface area contributed by atoms with Crippen molar-refractivity contribution in [2.45, 2.75) is 13.3 Å². The number of carbonyl (C=O) groups excluding carboxylic acids is 2. The first-order valence-electron chi connectivity index (χ1n) is 7.34. The van der Waals surface area contributed by atoms with Crippen molar-refractivity contribution in [2.24, 2.45) is 0 Å². The zero-order valence-corrected chi connectivity index (χ0v) is 12.4. The Bertz CT molecular complexity index is 956. The fraction of sp³-hybridized carbons (Fsp3) is 0.111. The van der Waals surface area contributed by atoms with E-state index in [0.717, 1.165) is 0 Å². The smallest absolute Gasteiger partial charge is 0.257 e. The molecule has 0 N–H and O–H groups in total. The molecule has 4 rings (SSSR count). The largest absolute Gasteiger partial charge is 0.334 e. The second kappa shape index (κ2) is 4.98. The zero-order chi connectivity index (χ0) is 16.0. The summed E-state index contributed by atoms with van der Waals surface area (Å²) in [7, 11) is 0. The molecule has 3 aromatic rings. The van der Waals surface area contributed by atoms with Crippen molar-refractivity contribution in [2.75, 3.05) is 0 Å². The third-order valence-corrected chi connectivity index (χ3v) is 3.96. The van der Waals surface area contributed by atoms with Crippen molar-refractivity contribution in [3.63, 3.8) is 0 Å². The van der Waals surface area contributed by atoms with Crippen LogP contribution in [0.15, 0.2) is 47.0 Å². The molecule has 5 nitrogen and oxygen atoms in total. The van der Waals surface area contributed by atoms with E-state index in [2.05, 4.69) is 10.1 Å². The van der Waals surface area contributed by atoms with Crippen molar-refractivity contribution in [1.29, 1.82) is 0 Å². The Morgan fingerprint density at radius 2 is 1.57 bits per heavy atom. The molecule has 0 spiro atoms. The quantitative estimate of drug-likeness (QED) is 0.569. The number of carbonyl (C=O) groups is 2. The minimum absolute atomic E-state index is 0.137. The second-order valence-corrected chi connectivity index (χ2v) is 5.33. The second-order valence-electron chi connectivity index (χ2n) is 5.33. The van der Waals surface area contributed by atoms with E-state index in [4.69, 9.17) is 4.52 Å². The van der Waals surface area contributed by atoms with Gasteiger partial charge in [0.2, 0.25) is 0 Å². The van der Waals surface area contributed by atoms with E-state index < -0.39 is 0 Å². The van der Waals surface area contributed by atoms with Gasteiger partial charge in [0.25, 0.3) is 5.89 Å². The summed E-state index contributed by atoms with van der Waals surface area (Å²) in [5.41, 5.74) is 2.30. The molecule has 0 saturated heterocycles. The molecule has 0 amide bonds. The molecule has 1 aliphatic carbocycles. The van der Waals surface area contributed by atoms with E-state index in [1.54, 1.807) is 42.5 Å². The molecule has 0 unspecified atom stereocenters. The van der Waals surface area contributed by atoms with Gasteiger partial charge in [-0.15, -0.1) is 0 Å². The summed E-state index contributed by atoms with van der Waals surface area (Å²) in [5, 5.41) is 3.86. The maximum absolute atomic E-state index is 12.7. The van der Waals surface area contributed by atoms with Gasteiger partial charge in [0.15, 0.2) is 17.4 Å². The minimum atomic E-state index is -0.160. The summed E-state index contributed by atoms with van der Waals surface area (Å²) in [6.45, 7) is 1.93. The van der Waals surface area contributed by atoms with Crippen LogP contribution in [0.25, 0.3) is 11.5 Å². The lowest BCUT2D eigenvalue weighted by Gasteiger charge is -2.17. The highest BCUT2D eigenvalue weighted by Crippen LogP contribution is 2.30. The predicted octanol–water partition coefficient (Wildman–Crippen LogP) is 3.07. The molecule has 23 heavy (non-hydrogen) atoms. The van der Waals surface area contributed by atoms with Crippen LogP contribution in [-0.4, -0.2) is 21.7 Å². The molecular weight excluding hydrogens is 292 g/mol. The van der Waals surface area contributed by atoms with Crippen LogP contribution < -0.4 is 0 Å². The van der Waals surface area contributed by atoms with Crippen molar-refractivity contribution >= 4 is 11.6 Å². The van der Waals surface area contributed by atoms with Gasteiger partial charge in [0.1, 0.15) is 0 Å². The summed E-state index contributed by atoms with van der Waals surface area (Å²) in [5.74, 6) is 0.656. The minimum Gasteiger partial charge on any atom is -0.334 e. The van der Waals surface area contributed by atoms with E-state index in [-0.39, 0.29) is 11.6 Å². The van der Waals surface area contributed by atoms with Gasteiger partial charge in [-0.25, -0.2) is 0 Å². The molecule has 0 bridgehead atoms. The summed E-state index contributed by atoms with van der Waals surface area (Å²) < 4.78 is 5.21. The molecule has 0 radical (unpaired) electrons. The first kappa shape index (κ1) is 13.6. The van der Waals surface area contributed by atoms with E-state index >= 15 is 0 Å². The van der Waals surface area contributed by atoms with E-state index in [0.29, 0.717) is 46.0 Å². The Hall–Kier alpha value is -3.08. The van der Waals surface area contributed by atoms with Crippen LogP contribution in [-0.2, 0) is 6.42 Å². The number of hydrogen-bond acceptors (Lipinski definition) is 5. The molecule has 0 fully saturated rings. The molecular formula is C18H12N2O3. The Kier molecular flexibility index (Phi) is 2.94. The van der Waals surface area contributed by atoms with Crippen LogP contribution in [0.2, 0.25) is 0 Å². The lowest BCUT2D eigenvalue weighted by molar-refractivity contribution is 0.0979. The third-order valence-electron chi connectivity index (χ3n) is 3.96. The summed E-state index contributed by atoms with van der Waals surface area (Å²) in [4.78, 5) is 29.5. The van der Waals surface area contributed by atoms with E-state index in [1.807, 2.05) is 6.92 Å². The Morgan fingerprint density at radius 3 is 2.22 bits per heavy atom. The highest BCUT2D eigenvalue weighted by Gasteiger charge is 2.29. The van der Waals surface area contributed by atoms with Gasteiger partial charge >= 0.3 is 0 Å². The molecule has 1 heterocycles. The van der Waals surface area contributed by atoms with Crippen molar-refractivity contribution in [3.05, 3.63) is 70.5 Å². The van der Waals surface area contributed by atoms with Gasteiger partial charge in [0, 0.05) is 34.2 Å². The first-order chi connectivity index (χ1) is 11.2. The maximum Gasteiger partial charge on any atom is 0.257 e. The number of benzene rings is 2. The third kappa shape index (κ3) is 2.01. The molecule has 0 saturated carbocycles. The standard InChI is InChI=1S/C18H12N2O3/c1-2-15-19-18(23-20-15)10-7-8-13-14(9-10)17(22)12-6-4-3-5-11(12)16(13)21/h3-9H,2H2,1H3. The normalized spacial score (nSPS) is 12.9. The number of aryl methyl sites for hydroxylation is 1. The number of aromatic nitrogens is 2. The van der Waals surface area contributed by atoms with Crippen LogP contribution in [0.1, 0.15) is 44.6 Å². The number of fused-ring (bicyclic) bond motifs is 2. The number of rotatable bonds is 2. The molecule has 1 aliphatic rings. The first-order valence-corrected chi connectivity index (χ1v) is 7.34. The lowest BCUT2D eigenvalue weighted by Crippen LogP contribution is -2.20. The number of nitrogens with zero attached hydrogens (tertiary/aromatic N) is 2. The molecule has 0 atom stereocenters. The van der Waals surface area contributed by atoms with Gasteiger partial charge in [-0.1, -0.05) is 36.3 Å². The van der Waals surface area contributed by atoms with Gasteiger partial charge in [-0.2, -0.15) is 4.98 Å². The van der Waals surface area contributed by atoms with Crippen LogP contribution in [0.3, 0.4) is 0 Å². The van der Waals surface area contributed by atoms with Crippen LogP contribution in [0, 0.1) is 0 Å². The lowest BCUT2D eigenvalue weighted by atomic mass is 9.83. The Balaban J connectivity index is 1.86. The monoisotopic (exact) mass is 304 g/mol. The molecule has 112 valence electrons. The van der Waals surface area contributed by atoms with Gasteiger partial charge < -0.3 is 4.52 Å². The fourth-order valence-corrected chi connectivity index (χ4v) is 2.75. The Morgan fingerprint density at radius 1 is 0.913 bits per heavy atom. The summed E-state index contributed by atoms with van der Waals surface area (Å²) >= 11 is 0. The zero-order valence-electron chi connectivity index (χ0n) is 12.4. The highest BCUT2D eigenvalue weighted by atomic mass is 16.5. The molecule has 2 aromatic carbocycles. The number of hydrogen-bond donors (Lipinski definition) is 0. The van der Waals surface area contributed by atoms with Crippen LogP contribution >= 0.6 is 0 Å². The number of ketones is 2. The summed E-state index contributed by atoms with van der Waals surface area (Å²) in [6.07, 6.45) is 0.666. The average molecular weight is 304 g/mol. The molecule has 5 heteroatoms. The topological polar surface area (TPSA) is 73.1 Å². The molecule has 1 aromatic heterocycles. The van der Waals surface area contributed by atoms with E-state index in [1.165, 1.54) is 0 Å². The van der Waals surface area contributed by atoms with Crippen LogP contribution in [0.4, 0.5) is 0 Å². The van der Waals surface area contributed by atoms with Crippen LogP contribution in [0.5, 0.6) is 0 Å². The fourth-order valence-electron chi connectivity index (χ4n) is 2.75. The van der Waals surface area contributed by atoms with Crippen molar-refractivity contribution in [1.82, 2.24) is 10.1 Å². The Labute approximate surface area is 132 Å². The predicted molar refractivity (Wildman–Crippen MR) is 82.4 cm³/mol. The van der Waals surface area contributed by atoms with Gasteiger partial charge in [0.05, 0.1) is 0 Å². The average Bonchev–Trinajstić information content (AvgIpc) is 3.08. The summed E-state index contributed by atoms with van der Waals surface area (Å²) in [6, 6.07) is 11.9.